The standard InChI is InChI=1S/C16H17FN4O3S/c1-9(17)13-18-11-12(14(22)19-13)21(16(24)20(2)15(11)23)7-3-5-10-6-4-8-25-10/h4,6,8-9H,3,5,7H2,1-2H3,(H,18,19,22). The van der Waals surface area contributed by atoms with Crippen LogP contribution in [0.1, 0.15) is 30.2 Å². The Bertz CT molecular complexity index is 1080. The summed E-state index contributed by atoms with van der Waals surface area (Å²) in [6, 6.07) is 3.94. The number of alkyl halides is 1. The highest BCUT2D eigenvalue weighted by atomic mass is 32.1. The molecule has 0 amide bonds. The molecule has 0 aliphatic rings. The summed E-state index contributed by atoms with van der Waals surface area (Å²) in [4.78, 5) is 44.5. The third-order valence-corrected chi connectivity index (χ3v) is 4.91. The van der Waals surface area contributed by atoms with Gasteiger partial charge in [-0.1, -0.05) is 6.07 Å². The number of H-pyrrole nitrogens is 1. The summed E-state index contributed by atoms with van der Waals surface area (Å²) >= 11 is 1.62. The predicted molar refractivity (Wildman–Crippen MR) is 94.0 cm³/mol. The van der Waals surface area contributed by atoms with Crippen LogP contribution in [0.4, 0.5) is 4.39 Å². The van der Waals surface area contributed by atoms with E-state index in [4.69, 9.17) is 0 Å². The lowest BCUT2D eigenvalue weighted by molar-refractivity contribution is 0.356. The molecule has 1 atom stereocenters. The maximum atomic E-state index is 13.5. The molecule has 1 N–H and O–H groups in total. The van der Waals surface area contributed by atoms with E-state index in [0.717, 1.165) is 11.0 Å². The van der Waals surface area contributed by atoms with Gasteiger partial charge in [0.25, 0.3) is 11.1 Å². The number of fused-ring (bicyclic) bond motifs is 1. The van der Waals surface area contributed by atoms with Crippen molar-refractivity contribution in [2.75, 3.05) is 0 Å². The van der Waals surface area contributed by atoms with Gasteiger partial charge in [-0.2, -0.15) is 0 Å². The predicted octanol–water partition coefficient (Wildman–Crippen LogP) is 1.51. The molecular formula is C16H17FN4O3S. The fraction of sp³-hybridized carbons (Fsp3) is 0.375. The largest absolute Gasteiger partial charge is 0.331 e. The maximum Gasteiger partial charge on any atom is 0.331 e. The van der Waals surface area contributed by atoms with E-state index in [9.17, 15) is 18.8 Å². The fourth-order valence-electron chi connectivity index (χ4n) is 2.67. The summed E-state index contributed by atoms with van der Waals surface area (Å²) in [6.45, 7) is 1.47. The molecule has 0 fully saturated rings. The number of aryl methyl sites for hydroxylation is 2. The first-order valence-corrected chi connectivity index (χ1v) is 8.68. The molecule has 0 aliphatic carbocycles. The molecule has 1 unspecified atom stereocenters. The average Bonchev–Trinajstić information content (AvgIpc) is 3.09. The van der Waals surface area contributed by atoms with E-state index in [2.05, 4.69) is 9.97 Å². The van der Waals surface area contributed by atoms with Crippen molar-refractivity contribution in [3.63, 3.8) is 0 Å². The van der Waals surface area contributed by atoms with Gasteiger partial charge in [0.1, 0.15) is 11.3 Å². The number of hydrogen-bond donors (Lipinski definition) is 1. The van der Waals surface area contributed by atoms with Crippen LogP contribution in [0.5, 0.6) is 0 Å². The summed E-state index contributed by atoms with van der Waals surface area (Å²) in [5, 5.41) is 1.97. The molecule has 9 heteroatoms. The molecule has 0 bridgehead atoms. The van der Waals surface area contributed by atoms with E-state index in [1.54, 1.807) is 11.3 Å². The number of halogens is 1. The van der Waals surface area contributed by atoms with Gasteiger partial charge in [-0.3, -0.25) is 18.7 Å². The van der Waals surface area contributed by atoms with Crippen molar-refractivity contribution in [2.24, 2.45) is 7.05 Å². The van der Waals surface area contributed by atoms with Crippen molar-refractivity contribution < 1.29 is 4.39 Å². The Labute approximate surface area is 145 Å². The summed E-state index contributed by atoms with van der Waals surface area (Å²) in [5.74, 6) is -0.224. The van der Waals surface area contributed by atoms with E-state index in [1.165, 1.54) is 23.4 Å². The Morgan fingerprint density at radius 1 is 1.36 bits per heavy atom. The summed E-state index contributed by atoms with van der Waals surface area (Å²) in [7, 11) is 1.32. The zero-order valence-electron chi connectivity index (χ0n) is 13.8. The number of hydrogen-bond acceptors (Lipinski definition) is 5. The molecule has 0 aliphatic heterocycles. The van der Waals surface area contributed by atoms with Gasteiger partial charge in [-0.15, -0.1) is 11.3 Å². The van der Waals surface area contributed by atoms with Crippen LogP contribution in [-0.2, 0) is 20.0 Å². The topological polar surface area (TPSA) is 89.8 Å². The van der Waals surface area contributed by atoms with Gasteiger partial charge in [-0.25, -0.2) is 14.2 Å². The third-order valence-electron chi connectivity index (χ3n) is 3.97. The number of nitrogens with one attached hydrogen (secondary N) is 1. The van der Waals surface area contributed by atoms with Crippen LogP contribution in [0.15, 0.2) is 31.9 Å². The number of aromatic nitrogens is 4. The maximum absolute atomic E-state index is 13.5. The molecule has 132 valence electrons. The smallest absolute Gasteiger partial charge is 0.306 e. The minimum atomic E-state index is -1.53. The molecule has 0 saturated carbocycles. The van der Waals surface area contributed by atoms with Crippen LogP contribution < -0.4 is 16.8 Å². The lowest BCUT2D eigenvalue weighted by Crippen LogP contribution is -2.41. The van der Waals surface area contributed by atoms with Crippen molar-refractivity contribution in [3.8, 4) is 0 Å². The van der Waals surface area contributed by atoms with Gasteiger partial charge >= 0.3 is 5.69 Å². The van der Waals surface area contributed by atoms with Crippen LogP contribution in [0, 0.1) is 0 Å². The van der Waals surface area contributed by atoms with Gasteiger partial charge in [-0.05, 0) is 31.2 Å². The van der Waals surface area contributed by atoms with Gasteiger partial charge in [0.2, 0.25) is 0 Å². The number of thiophene rings is 1. The van der Waals surface area contributed by atoms with Gasteiger partial charge in [0, 0.05) is 18.5 Å². The van der Waals surface area contributed by atoms with Crippen LogP contribution in [-0.4, -0.2) is 19.1 Å². The van der Waals surface area contributed by atoms with Crippen LogP contribution >= 0.6 is 11.3 Å². The first kappa shape index (κ1) is 17.3. The second-order valence-corrected chi connectivity index (χ2v) is 6.78. The van der Waals surface area contributed by atoms with Crippen LogP contribution in [0.25, 0.3) is 11.0 Å². The SMILES string of the molecule is CC(F)c1nc2c(=O)n(C)c(=O)n(CCCc3cccs3)c2c(=O)[nH]1. The van der Waals surface area contributed by atoms with Crippen molar-refractivity contribution in [1.29, 1.82) is 0 Å². The first-order chi connectivity index (χ1) is 11.9. The number of aromatic amines is 1. The van der Waals surface area contributed by atoms with E-state index in [1.807, 2.05) is 17.5 Å². The highest BCUT2D eigenvalue weighted by Gasteiger charge is 2.18. The Kier molecular flexibility index (Phi) is 4.67. The van der Waals surface area contributed by atoms with E-state index in [-0.39, 0.29) is 23.4 Å². The zero-order chi connectivity index (χ0) is 18.1. The Balaban J connectivity index is 2.12. The second-order valence-electron chi connectivity index (χ2n) is 5.75. The fourth-order valence-corrected chi connectivity index (χ4v) is 3.42. The molecule has 3 aromatic heterocycles. The molecule has 3 rings (SSSR count). The summed E-state index contributed by atoms with van der Waals surface area (Å²) in [5.41, 5.74) is -2.28. The van der Waals surface area contributed by atoms with Gasteiger partial charge < -0.3 is 4.98 Å². The van der Waals surface area contributed by atoms with Gasteiger partial charge in [0.05, 0.1) is 0 Å². The van der Waals surface area contributed by atoms with Crippen molar-refractivity contribution in [2.45, 2.75) is 32.5 Å². The Hall–Kier alpha value is -2.55. The highest BCUT2D eigenvalue weighted by Crippen LogP contribution is 2.13. The molecule has 0 saturated heterocycles. The van der Waals surface area contributed by atoms with Gasteiger partial charge in [0.15, 0.2) is 11.7 Å². The lowest BCUT2D eigenvalue weighted by Gasteiger charge is -2.12. The number of rotatable bonds is 5. The minimum Gasteiger partial charge on any atom is -0.306 e. The third kappa shape index (κ3) is 3.19. The van der Waals surface area contributed by atoms with Crippen LogP contribution in [0.2, 0.25) is 0 Å². The normalized spacial score (nSPS) is 12.6. The van der Waals surface area contributed by atoms with Crippen molar-refractivity contribution >= 4 is 22.4 Å². The zero-order valence-corrected chi connectivity index (χ0v) is 14.6. The lowest BCUT2D eigenvalue weighted by atomic mass is 10.2. The molecule has 7 nitrogen and oxygen atoms in total. The summed E-state index contributed by atoms with van der Waals surface area (Å²) in [6.07, 6.45) is -0.158. The molecule has 0 aromatic carbocycles. The monoisotopic (exact) mass is 364 g/mol. The summed E-state index contributed by atoms with van der Waals surface area (Å²) < 4.78 is 15.6. The molecule has 0 spiro atoms. The highest BCUT2D eigenvalue weighted by molar-refractivity contribution is 7.09. The second kappa shape index (κ2) is 6.75. The Morgan fingerprint density at radius 3 is 2.76 bits per heavy atom. The molecular weight excluding hydrogens is 347 g/mol. The quantitative estimate of drug-likeness (QED) is 0.743. The van der Waals surface area contributed by atoms with E-state index in [0.29, 0.717) is 6.42 Å². The van der Waals surface area contributed by atoms with Crippen LogP contribution in [0.3, 0.4) is 0 Å². The molecule has 3 aromatic rings. The van der Waals surface area contributed by atoms with Crippen molar-refractivity contribution in [1.82, 2.24) is 19.1 Å². The first-order valence-electron chi connectivity index (χ1n) is 7.80. The number of nitrogens with zero attached hydrogens (tertiary/aromatic N) is 3. The molecule has 25 heavy (non-hydrogen) atoms. The average molecular weight is 364 g/mol. The molecule has 3 heterocycles. The van der Waals surface area contributed by atoms with E-state index >= 15 is 0 Å². The molecule has 0 radical (unpaired) electrons. The van der Waals surface area contributed by atoms with Crippen molar-refractivity contribution in [3.05, 3.63) is 59.4 Å². The minimum absolute atomic E-state index is 0.108. The van der Waals surface area contributed by atoms with E-state index < -0.39 is 23.0 Å². The Morgan fingerprint density at radius 2 is 2.12 bits per heavy atom.